The third-order valence-corrected chi connectivity index (χ3v) is 9.37. The van der Waals surface area contributed by atoms with Crippen LogP contribution in [-0.4, -0.2) is 98.9 Å². The van der Waals surface area contributed by atoms with Crippen LogP contribution in [0.1, 0.15) is 136 Å². The van der Waals surface area contributed by atoms with Crippen molar-refractivity contribution in [3.8, 4) is 0 Å². The molecule has 0 heterocycles. The van der Waals surface area contributed by atoms with Crippen LogP contribution in [0.5, 0.6) is 0 Å². The molecule has 0 spiro atoms. The number of phosphoric ester groups is 1. The topological polar surface area (TPSA) is 192 Å². The van der Waals surface area contributed by atoms with Crippen molar-refractivity contribution in [2.45, 2.75) is 179 Å². The molecule has 1 aliphatic rings. The lowest BCUT2D eigenvalue weighted by Gasteiger charge is -2.41. The molecular weight excluding hydrogens is 631 g/mol. The summed E-state index contributed by atoms with van der Waals surface area (Å²) in [5, 5.41) is 49.8. The van der Waals surface area contributed by atoms with E-state index in [1.165, 1.54) is 51.4 Å². The summed E-state index contributed by atoms with van der Waals surface area (Å²) in [5.41, 5.74) is 0. The van der Waals surface area contributed by atoms with Gasteiger partial charge in [0.05, 0.1) is 13.2 Å². The molecule has 6 N–H and O–H groups in total. The molecule has 1 rings (SSSR count). The van der Waals surface area contributed by atoms with Gasteiger partial charge < -0.3 is 39.9 Å². The Morgan fingerprint density at radius 2 is 1.15 bits per heavy atom. The molecule has 0 aromatic rings. The zero-order chi connectivity index (χ0) is 34.9. The molecule has 13 heteroatoms. The quantitative estimate of drug-likeness (QED) is 0.0258. The lowest BCUT2D eigenvalue weighted by Crippen LogP contribution is -2.64. The average molecular weight is 697 g/mol. The Kier molecular flexibility index (Phi) is 25.2. The van der Waals surface area contributed by atoms with Crippen LogP contribution < -0.4 is 0 Å². The Hall–Kier alpha value is -0.920. The average Bonchev–Trinajstić information content (AvgIpc) is 3.05. The molecule has 0 radical (unpaired) electrons. The fourth-order valence-corrected chi connectivity index (χ4v) is 6.37. The summed E-state index contributed by atoms with van der Waals surface area (Å²) in [6.07, 6.45) is 11.7. The highest BCUT2D eigenvalue weighted by Crippen LogP contribution is 2.47. The smallest absolute Gasteiger partial charge is 0.457 e. The second kappa shape index (κ2) is 26.9. The van der Waals surface area contributed by atoms with Crippen LogP contribution in [0, 0.1) is 0 Å². The minimum atomic E-state index is -5.00. The number of rotatable bonds is 29. The number of unbranched alkanes of at least 4 members (excludes halogenated alkanes) is 15. The van der Waals surface area contributed by atoms with Gasteiger partial charge in [0.25, 0.3) is 0 Å². The first-order chi connectivity index (χ1) is 22.5. The van der Waals surface area contributed by atoms with Gasteiger partial charge in [-0.05, 0) is 32.1 Å². The summed E-state index contributed by atoms with van der Waals surface area (Å²) in [4.78, 5) is 22.8. The second-order valence-electron chi connectivity index (χ2n) is 12.7. The predicted octanol–water partition coefficient (Wildman–Crippen LogP) is 5.24. The molecule has 12 nitrogen and oxygen atoms in total. The largest absolute Gasteiger partial charge is 0.472 e. The molecule has 0 bridgehead atoms. The van der Waals surface area contributed by atoms with Crippen molar-refractivity contribution >= 4 is 13.8 Å². The number of phosphoric acid groups is 1. The van der Waals surface area contributed by atoms with E-state index in [1.54, 1.807) is 0 Å². The van der Waals surface area contributed by atoms with E-state index in [2.05, 4.69) is 26.0 Å². The van der Waals surface area contributed by atoms with E-state index in [9.17, 15) is 39.8 Å². The number of ether oxygens (including phenoxy) is 2. The molecule has 6 atom stereocenters. The molecule has 1 fully saturated rings. The van der Waals surface area contributed by atoms with Gasteiger partial charge in [-0.2, -0.15) is 0 Å². The van der Waals surface area contributed by atoms with Gasteiger partial charge in [-0.25, -0.2) is 4.57 Å². The standard InChI is InChI=1S/C34H65O12P/c1-3-5-7-9-11-13-14-15-16-18-20-22-24-43-25-27(45-28(35)23-21-19-17-12-10-8-6-4-2)26-44-47(41,42)46-34-32(39)30(37)29(36)31(38)33(34)40/h9,11,27,29-34,36-40H,3-8,10,12-26H2,1-2H3,(H,41,42)/b11-9-. The molecule has 0 aromatic carbocycles. The maximum absolute atomic E-state index is 12.7. The number of hydrogen-bond acceptors (Lipinski definition) is 11. The summed E-state index contributed by atoms with van der Waals surface area (Å²) in [5.74, 6) is -0.486. The molecule has 1 aliphatic carbocycles. The number of carbonyl (C=O) groups excluding carboxylic acids is 1. The fraction of sp³-hybridized carbons (Fsp3) is 0.912. The highest BCUT2D eigenvalue weighted by molar-refractivity contribution is 7.47. The molecule has 47 heavy (non-hydrogen) atoms. The minimum absolute atomic E-state index is 0.0775. The number of aliphatic hydroxyl groups is 5. The van der Waals surface area contributed by atoms with Crippen LogP contribution in [-0.2, 0) is 27.9 Å². The van der Waals surface area contributed by atoms with Gasteiger partial charge in [-0.3, -0.25) is 13.8 Å². The van der Waals surface area contributed by atoms with Gasteiger partial charge in [0.1, 0.15) is 42.7 Å². The van der Waals surface area contributed by atoms with E-state index in [4.69, 9.17) is 18.5 Å². The lowest BCUT2D eigenvalue weighted by molar-refractivity contribution is -0.220. The van der Waals surface area contributed by atoms with Crippen molar-refractivity contribution < 1.29 is 58.3 Å². The Balaban J connectivity index is 2.50. The normalized spacial score (nSPS) is 25.2. The van der Waals surface area contributed by atoms with Gasteiger partial charge in [0, 0.05) is 13.0 Å². The van der Waals surface area contributed by atoms with Gasteiger partial charge in [-0.15, -0.1) is 0 Å². The van der Waals surface area contributed by atoms with Crippen LogP contribution >= 0.6 is 7.82 Å². The van der Waals surface area contributed by atoms with E-state index < -0.39 is 63.1 Å². The van der Waals surface area contributed by atoms with Gasteiger partial charge >= 0.3 is 13.8 Å². The van der Waals surface area contributed by atoms with Crippen LogP contribution in [0.2, 0.25) is 0 Å². The third-order valence-electron chi connectivity index (χ3n) is 8.39. The van der Waals surface area contributed by atoms with Gasteiger partial charge in [0.2, 0.25) is 0 Å². The maximum Gasteiger partial charge on any atom is 0.472 e. The Morgan fingerprint density at radius 3 is 1.74 bits per heavy atom. The second-order valence-corrected chi connectivity index (χ2v) is 14.1. The monoisotopic (exact) mass is 696 g/mol. The first kappa shape index (κ1) is 44.1. The Bertz CT molecular complexity index is 843. The number of aliphatic hydroxyl groups excluding tert-OH is 5. The SMILES string of the molecule is CCCC/C=C\CCCCCCCCOCC(COP(=O)(O)OC1C(O)C(O)C(O)C(O)C1O)OC(=O)CCCCCCCCCC. The summed E-state index contributed by atoms with van der Waals surface area (Å²) < 4.78 is 33.8. The third kappa shape index (κ3) is 20.4. The van der Waals surface area contributed by atoms with Gasteiger partial charge in [0.15, 0.2) is 0 Å². The molecule has 1 saturated carbocycles. The van der Waals surface area contributed by atoms with E-state index in [1.807, 2.05) is 0 Å². The Labute approximate surface area is 282 Å². The first-order valence-corrected chi connectivity index (χ1v) is 19.5. The summed E-state index contributed by atoms with van der Waals surface area (Å²) in [6, 6.07) is 0. The van der Waals surface area contributed by atoms with Crippen LogP contribution in [0.15, 0.2) is 12.2 Å². The molecule has 0 saturated heterocycles. The van der Waals surface area contributed by atoms with Crippen molar-refractivity contribution in [3.05, 3.63) is 12.2 Å². The van der Waals surface area contributed by atoms with Crippen LogP contribution in [0.3, 0.4) is 0 Å². The highest BCUT2D eigenvalue weighted by atomic mass is 31.2. The number of carbonyl (C=O) groups is 1. The molecule has 6 unspecified atom stereocenters. The van der Waals surface area contributed by atoms with Crippen LogP contribution in [0.4, 0.5) is 0 Å². The first-order valence-electron chi connectivity index (χ1n) is 18.0. The highest BCUT2D eigenvalue weighted by Gasteiger charge is 2.51. The van der Waals surface area contributed by atoms with Crippen LogP contribution in [0.25, 0.3) is 0 Å². The molecule has 0 aromatic heterocycles. The number of esters is 1. The summed E-state index contributed by atoms with van der Waals surface area (Å²) in [6.45, 7) is 4.13. The maximum atomic E-state index is 12.7. The van der Waals surface area contributed by atoms with E-state index in [-0.39, 0.29) is 13.0 Å². The van der Waals surface area contributed by atoms with E-state index in [0.717, 1.165) is 57.8 Å². The van der Waals surface area contributed by atoms with Crippen molar-refractivity contribution in [3.63, 3.8) is 0 Å². The fourth-order valence-electron chi connectivity index (χ4n) is 5.39. The Morgan fingerprint density at radius 1 is 0.660 bits per heavy atom. The van der Waals surface area contributed by atoms with E-state index in [0.29, 0.717) is 13.0 Å². The van der Waals surface area contributed by atoms with Gasteiger partial charge in [-0.1, -0.05) is 109 Å². The minimum Gasteiger partial charge on any atom is -0.457 e. The molecular formula is C34H65O12P. The summed E-state index contributed by atoms with van der Waals surface area (Å²) >= 11 is 0. The molecule has 0 amide bonds. The molecule has 0 aliphatic heterocycles. The predicted molar refractivity (Wildman–Crippen MR) is 180 cm³/mol. The van der Waals surface area contributed by atoms with Crippen molar-refractivity contribution in [1.29, 1.82) is 0 Å². The van der Waals surface area contributed by atoms with Crippen molar-refractivity contribution in [1.82, 2.24) is 0 Å². The zero-order valence-electron chi connectivity index (χ0n) is 28.8. The lowest BCUT2D eigenvalue weighted by atomic mass is 9.85. The van der Waals surface area contributed by atoms with Crippen molar-refractivity contribution in [2.75, 3.05) is 19.8 Å². The number of allylic oxidation sites excluding steroid dienone is 2. The van der Waals surface area contributed by atoms with E-state index >= 15 is 0 Å². The van der Waals surface area contributed by atoms with Crippen molar-refractivity contribution in [2.24, 2.45) is 0 Å². The molecule has 278 valence electrons. The summed E-state index contributed by atoms with van der Waals surface area (Å²) in [7, 11) is -5.00. The number of hydrogen-bond donors (Lipinski definition) is 6. The zero-order valence-corrected chi connectivity index (χ0v) is 29.7.